The van der Waals surface area contributed by atoms with Crippen LogP contribution in [0.4, 0.5) is 5.82 Å². The largest absolute Gasteiger partial charge is 0.373 e. The van der Waals surface area contributed by atoms with E-state index in [9.17, 15) is 0 Å². The molecule has 1 N–H and O–H groups in total. The third-order valence-corrected chi connectivity index (χ3v) is 4.82. The number of hydrogen-bond donors (Lipinski definition) is 1. The van der Waals surface area contributed by atoms with Crippen molar-refractivity contribution in [3.8, 4) is 0 Å². The number of nitrogens with zero attached hydrogens (tertiary/aromatic N) is 2. The van der Waals surface area contributed by atoms with Crippen molar-refractivity contribution < 1.29 is 0 Å². The third-order valence-electron chi connectivity index (χ3n) is 4.82. The first-order chi connectivity index (χ1) is 9.36. The lowest BCUT2D eigenvalue weighted by Crippen LogP contribution is -2.46. The molecule has 2 atom stereocenters. The smallest absolute Gasteiger partial charge is 0.125 e. The Morgan fingerprint density at radius 1 is 1.26 bits per heavy atom. The van der Waals surface area contributed by atoms with Crippen LogP contribution < -0.4 is 5.32 Å². The van der Waals surface area contributed by atoms with Gasteiger partial charge in [0, 0.05) is 25.8 Å². The Balaban J connectivity index is 1.70. The number of pyridine rings is 1. The van der Waals surface area contributed by atoms with Crippen LogP contribution >= 0.6 is 0 Å². The molecule has 104 valence electrons. The number of fused-ring (bicyclic) bond motifs is 1. The van der Waals surface area contributed by atoms with Gasteiger partial charge in [0.05, 0.1) is 0 Å². The second-order valence-corrected chi connectivity index (χ2v) is 6.02. The zero-order valence-corrected chi connectivity index (χ0v) is 11.9. The molecule has 1 aromatic rings. The van der Waals surface area contributed by atoms with Gasteiger partial charge in [0.25, 0.3) is 0 Å². The van der Waals surface area contributed by atoms with Gasteiger partial charge in [-0.25, -0.2) is 4.98 Å². The maximum Gasteiger partial charge on any atom is 0.125 e. The molecule has 1 aliphatic carbocycles. The van der Waals surface area contributed by atoms with Gasteiger partial charge in [0.15, 0.2) is 0 Å². The van der Waals surface area contributed by atoms with E-state index >= 15 is 0 Å². The van der Waals surface area contributed by atoms with Crippen molar-refractivity contribution in [2.24, 2.45) is 5.92 Å². The van der Waals surface area contributed by atoms with E-state index in [4.69, 9.17) is 0 Å². The summed E-state index contributed by atoms with van der Waals surface area (Å²) >= 11 is 0. The molecule has 1 saturated carbocycles. The molecule has 0 bridgehead atoms. The molecule has 3 heteroatoms. The molecule has 3 nitrogen and oxygen atoms in total. The quantitative estimate of drug-likeness (QED) is 0.903. The Kier molecular flexibility index (Phi) is 4.02. The molecule has 19 heavy (non-hydrogen) atoms. The molecule has 0 radical (unpaired) electrons. The van der Waals surface area contributed by atoms with Crippen molar-refractivity contribution >= 4 is 5.82 Å². The van der Waals surface area contributed by atoms with Crippen LogP contribution in [0.2, 0.25) is 0 Å². The Morgan fingerprint density at radius 2 is 2.11 bits per heavy atom. The summed E-state index contributed by atoms with van der Waals surface area (Å²) in [6.45, 7) is 2.37. The highest BCUT2D eigenvalue weighted by Gasteiger charge is 2.32. The Bertz CT molecular complexity index is 416. The van der Waals surface area contributed by atoms with Crippen LogP contribution in [0.25, 0.3) is 0 Å². The summed E-state index contributed by atoms with van der Waals surface area (Å²) in [4.78, 5) is 7.03. The molecule has 2 heterocycles. The summed E-state index contributed by atoms with van der Waals surface area (Å²) in [5.41, 5.74) is 1.39. The van der Waals surface area contributed by atoms with Crippen molar-refractivity contribution in [2.75, 3.05) is 18.9 Å². The summed E-state index contributed by atoms with van der Waals surface area (Å²) in [5.74, 6) is 1.95. The second-order valence-electron chi connectivity index (χ2n) is 6.02. The number of aromatic nitrogens is 1. The topological polar surface area (TPSA) is 28.2 Å². The van der Waals surface area contributed by atoms with E-state index in [1.165, 1.54) is 50.6 Å². The Labute approximate surface area is 116 Å². The monoisotopic (exact) mass is 259 g/mol. The highest BCUT2D eigenvalue weighted by atomic mass is 15.2. The van der Waals surface area contributed by atoms with Crippen LogP contribution in [0, 0.1) is 5.92 Å². The molecule has 2 fully saturated rings. The van der Waals surface area contributed by atoms with E-state index in [1.807, 2.05) is 13.2 Å². The highest BCUT2D eigenvalue weighted by molar-refractivity contribution is 5.36. The number of hydrogen-bond acceptors (Lipinski definition) is 3. The predicted octanol–water partition coefficient (Wildman–Crippen LogP) is 3.28. The van der Waals surface area contributed by atoms with Gasteiger partial charge in [-0.05, 0) is 55.8 Å². The molecule has 0 aromatic carbocycles. The predicted molar refractivity (Wildman–Crippen MR) is 79.2 cm³/mol. The molecule has 1 saturated heterocycles. The highest BCUT2D eigenvalue weighted by Crippen LogP contribution is 2.35. The molecule has 3 rings (SSSR count). The standard InChI is InChI=1S/C16H25N3/c1-17-16-11-13(8-9-18-16)12-19-10-4-6-14-5-2-3-7-15(14)19/h8-9,11,14-15H,2-7,10,12H2,1H3,(H,17,18). The van der Waals surface area contributed by atoms with Crippen LogP contribution in [0.1, 0.15) is 44.1 Å². The summed E-state index contributed by atoms with van der Waals surface area (Å²) in [6.07, 6.45) is 10.5. The molecular weight excluding hydrogens is 234 g/mol. The van der Waals surface area contributed by atoms with Crippen molar-refractivity contribution in [3.63, 3.8) is 0 Å². The van der Waals surface area contributed by atoms with Crippen LogP contribution in [-0.2, 0) is 6.54 Å². The fourth-order valence-corrected chi connectivity index (χ4v) is 3.87. The molecule has 1 aromatic heterocycles. The lowest BCUT2D eigenvalue weighted by atomic mass is 9.78. The molecule has 1 aliphatic heterocycles. The summed E-state index contributed by atoms with van der Waals surface area (Å²) in [6, 6.07) is 5.19. The number of piperidine rings is 1. The van der Waals surface area contributed by atoms with Crippen LogP contribution in [-0.4, -0.2) is 29.5 Å². The van der Waals surface area contributed by atoms with E-state index in [-0.39, 0.29) is 0 Å². The number of anilines is 1. The minimum atomic E-state index is 0.841. The molecular formula is C16H25N3. The molecule has 0 amide bonds. The Morgan fingerprint density at radius 3 is 3.00 bits per heavy atom. The number of rotatable bonds is 3. The zero-order valence-electron chi connectivity index (χ0n) is 11.9. The molecule has 2 aliphatic rings. The first kappa shape index (κ1) is 12.9. The average molecular weight is 259 g/mol. The third kappa shape index (κ3) is 2.92. The minimum absolute atomic E-state index is 0.841. The molecule has 0 spiro atoms. The number of nitrogens with one attached hydrogen (secondary N) is 1. The van der Waals surface area contributed by atoms with Crippen LogP contribution in [0.15, 0.2) is 18.3 Å². The fraction of sp³-hybridized carbons (Fsp3) is 0.688. The maximum absolute atomic E-state index is 4.30. The fourth-order valence-electron chi connectivity index (χ4n) is 3.87. The lowest BCUT2D eigenvalue weighted by molar-refractivity contribution is 0.0547. The van der Waals surface area contributed by atoms with Crippen molar-refractivity contribution in [3.05, 3.63) is 23.9 Å². The summed E-state index contributed by atoms with van der Waals surface area (Å²) in [7, 11) is 1.93. The lowest BCUT2D eigenvalue weighted by Gasteiger charge is -2.44. The Hall–Kier alpha value is -1.09. The maximum atomic E-state index is 4.30. The summed E-state index contributed by atoms with van der Waals surface area (Å²) < 4.78 is 0. The first-order valence-corrected chi connectivity index (χ1v) is 7.73. The van der Waals surface area contributed by atoms with E-state index in [1.54, 1.807) is 0 Å². The SMILES string of the molecule is CNc1cc(CN2CCCC3CCCCC32)ccn1. The minimum Gasteiger partial charge on any atom is -0.373 e. The molecule has 2 unspecified atom stereocenters. The van der Waals surface area contributed by atoms with Gasteiger partial charge >= 0.3 is 0 Å². The van der Waals surface area contributed by atoms with Gasteiger partial charge in [-0.3, -0.25) is 4.90 Å². The van der Waals surface area contributed by atoms with E-state index in [0.29, 0.717) is 0 Å². The van der Waals surface area contributed by atoms with Crippen molar-refractivity contribution in [1.29, 1.82) is 0 Å². The van der Waals surface area contributed by atoms with Gasteiger partial charge in [-0.2, -0.15) is 0 Å². The van der Waals surface area contributed by atoms with Gasteiger partial charge in [0.2, 0.25) is 0 Å². The number of likely N-dealkylation sites (tertiary alicyclic amines) is 1. The van der Waals surface area contributed by atoms with Crippen LogP contribution in [0.3, 0.4) is 0 Å². The van der Waals surface area contributed by atoms with E-state index < -0.39 is 0 Å². The van der Waals surface area contributed by atoms with E-state index in [0.717, 1.165) is 24.3 Å². The summed E-state index contributed by atoms with van der Waals surface area (Å²) in [5, 5.41) is 3.13. The zero-order chi connectivity index (χ0) is 13.1. The van der Waals surface area contributed by atoms with E-state index in [2.05, 4.69) is 27.3 Å². The van der Waals surface area contributed by atoms with Crippen molar-refractivity contribution in [1.82, 2.24) is 9.88 Å². The van der Waals surface area contributed by atoms with Crippen molar-refractivity contribution in [2.45, 2.75) is 51.1 Å². The van der Waals surface area contributed by atoms with Gasteiger partial charge in [-0.1, -0.05) is 12.8 Å². The van der Waals surface area contributed by atoms with Gasteiger partial charge < -0.3 is 5.32 Å². The second kappa shape index (κ2) is 5.91. The average Bonchev–Trinajstić information content (AvgIpc) is 2.48. The normalized spacial score (nSPS) is 27.8. The van der Waals surface area contributed by atoms with Crippen LogP contribution in [0.5, 0.6) is 0 Å². The first-order valence-electron chi connectivity index (χ1n) is 7.73. The van der Waals surface area contributed by atoms with Gasteiger partial charge in [-0.15, -0.1) is 0 Å². The van der Waals surface area contributed by atoms with Gasteiger partial charge in [0.1, 0.15) is 5.82 Å².